The third-order valence-electron chi connectivity index (χ3n) is 3.92. The van der Waals surface area contributed by atoms with Crippen LogP contribution in [-0.4, -0.2) is 24.1 Å². The fraction of sp³-hybridized carbons (Fsp3) is 0.250. The highest BCUT2D eigenvalue weighted by molar-refractivity contribution is 7.19. The number of nitriles is 1. The Labute approximate surface area is 176 Å². The standard InChI is InChI=1S/C20H19N5O2S2/c1-4-22-20-23-15(13-9-7-6-8-10-13)18(29-20)25-24-17-14(11-21)12(3)16(28-17)19(26)27-5-2/h6-10H,4-5H2,1-3H3,(H,22,23). The topological polar surface area (TPSA) is 99.7 Å². The van der Waals surface area contributed by atoms with Crippen molar-refractivity contribution < 1.29 is 9.53 Å². The first kappa shape index (κ1) is 20.6. The Hall–Kier alpha value is -3.09. The molecule has 0 fully saturated rings. The molecule has 0 spiro atoms. The van der Waals surface area contributed by atoms with E-state index < -0.39 is 5.97 Å². The molecule has 0 radical (unpaired) electrons. The van der Waals surface area contributed by atoms with Crippen LogP contribution in [0, 0.1) is 18.3 Å². The van der Waals surface area contributed by atoms with Gasteiger partial charge in [0.15, 0.2) is 15.1 Å². The SMILES string of the molecule is CCNc1nc(-c2ccccc2)c(N=Nc2sc(C(=O)OCC)c(C)c2C#N)s1. The number of carbonyl (C=O) groups excluding carboxylic acids is 1. The van der Waals surface area contributed by atoms with Gasteiger partial charge in [0.2, 0.25) is 0 Å². The van der Waals surface area contributed by atoms with Gasteiger partial charge in [-0.2, -0.15) is 5.26 Å². The van der Waals surface area contributed by atoms with E-state index >= 15 is 0 Å². The van der Waals surface area contributed by atoms with E-state index in [1.807, 2.05) is 37.3 Å². The number of benzene rings is 1. The second-order valence-electron chi connectivity index (χ2n) is 5.84. The minimum Gasteiger partial charge on any atom is -0.462 e. The lowest BCUT2D eigenvalue weighted by Gasteiger charge is -1.98. The maximum absolute atomic E-state index is 12.1. The normalized spacial score (nSPS) is 10.8. The summed E-state index contributed by atoms with van der Waals surface area (Å²) in [5, 5.41) is 23.1. The lowest BCUT2D eigenvalue weighted by atomic mass is 10.2. The molecule has 0 saturated carbocycles. The highest BCUT2D eigenvalue weighted by Crippen LogP contribution is 2.41. The van der Waals surface area contributed by atoms with Crippen LogP contribution in [0.25, 0.3) is 11.3 Å². The van der Waals surface area contributed by atoms with E-state index in [1.54, 1.807) is 13.8 Å². The van der Waals surface area contributed by atoms with Crippen LogP contribution in [0.4, 0.5) is 15.1 Å². The van der Waals surface area contributed by atoms with Gasteiger partial charge in [-0.05, 0) is 26.3 Å². The first-order valence-electron chi connectivity index (χ1n) is 9.01. The van der Waals surface area contributed by atoms with Gasteiger partial charge >= 0.3 is 5.97 Å². The van der Waals surface area contributed by atoms with Crippen molar-refractivity contribution in [1.82, 2.24) is 4.98 Å². The number of anilines is 1. The Bertz CT molecular complexity index is 1080. The van der Waals surface area contributed by atoms with Gasteiger partial charge in [0.25, 0.3) is 0 Å². The van der Waals surface area contributed by atoms with Crippen LogP contribution >= 0.6 is 22.7 Å². The third kappa shape index (κ3) is 4.50. The van der Waals surface area contributed by atoms with Crippen LogP contribution in [0.3, 0.4) is 0 Å². The number of hydrogen-bond acceptors (Lipinski definition) is 9. The molecule has 1 aromatic carbocycles. The predicted molar refractivity (Wildman–Crippen MR) is 116 cm³/mol. The Balaban J connectivity index is 2.01. The summed E-state index contributed by atoms with van der Waals surface area (Å²) in [6, 6.07) is 11.8. The monoisotopic (exact) mass is 425 g/mol. The van der Waals surface area contributed by atoms with E-state index in [-0.39, 0.29) is 6.61 Å². The van der Waals surface area contributed by atoms with Crippen LogP contribution in [0.2, 0.25) is 0 Å². The van der Waals surface area contributed by atoms with Crippen LogP contribution < -0.4 is 5.32 Å². The molecule has 1 N–H and O–H groups in total. The predicted octanol–water partition coefficient (Wildman–Crippen LogP) is 6.08. The molecule has 0 saturated heterocycles. The molecular formula is C20H19N5O2S2. The Morgan fingerprint density at radius 1 is 1.21 bits per heavy atom. The lowest BCUT2D eigenvalue weighted by molar-refractivity contribution is 0.0531. The fourth-order valence-electron chi connectivity index (χ4n) is 2.57. The maximum atomic E-state index is 12.1. The van der Waals surface area contributed by atoms with E-state index in [1.165, 1.54) is 11.3 Å². The molecule has 2 heterocycles. The fourth-order valence-corrected chi connectivity index (χ4v) is 4.42. The third-order valence-corrected chi connectivity index (χ3v) is 5.97. The Morgan fingerprint density at radius 3 is 2.59 bits per heavy atom. The first-order chi connectivity index (χ1) is 14.1. The van der Waals surface area contributed by atoms with Gasteiger partial charge in [0.1, 0.15) is 16.6 Å². The lowest BCUT2D eigenvalue weighted by Crippen LogP contribution is -2.03. The molecule has 9 heteroatoms. The molecular weight excluding hydrogens is 406 g/mol. The van der Waals surface area contributed by atoms with E-state index in [0.29, 0.717) is 31.7 Å². The molecule has 0 aliphatic carbocycles. The zero-order chi connectivity index (χ0) is 20.8. The molecule has 148 valence electrons. The number of thiazole rings is 1. The summed E-state index contributed by atoms with van der Waals surface area (Å²) in [7, 11) is 0. The second-order valence-corrected chi connectivity index (χ2v) is 7.81. The molecule has 0 atom stereocenters. The molecule has 3 rings (SSSR count). The van der Waals surface area contributed by atoms with Crippen molar-refractivity contribution in [2.75, 3.05) is 18.5 Å². The van der Waals surface area contributed by atoms with Gasteiger partial charge in [-0.25, -0.2) is 9.78 Å². The summed E-state index contributed by atoms with van der Waals surface area (Å²) in [5.74, 6) is -0.454. The van der Waals surface area contributed by atoms with Crippen LogP contribution in [0.15, 0.2) is 40.6 Å². The van der Waals surface area contributed by atoms with Crippen molar-refractivity contribution >= 4 is 43.8 Å². The summed E-state index contributed by atoms with van der Waals surface area (Å²) >= 11 is 2.49. The molecule has 0 aliphatic heterocycles. The van der Waals surface area contributed by atoms with Gasteiger partial charge in [-0.15, -0.1) is 21.6 Å². The number of hydrogen-bond donors (Lipinski definition) is 1. The summed E-state index contributed by atoms with van der Waals surface area (Å²) < 4.78 is 5.07. The largest absolute Gasteiger partial charge is 0.462 e. The quantitative estimate of drug-likeness (QED) is 0.365. The van der Waals surface area contributed by atoms with E-state index in [4.69, 9.17) is 4.74 Å². The number of carbonyl (C=O) groups is 1. The number of aromatic nitrogens is 1. The number of thiophene rings is 1. The van der Waals surface area contributed by atoms with Crippen molar-refractivity contribution in [2.24, 2.45) is 10.2 Å². The Kier molecular flexibility index (Phi) is 6.69. The molecule has 7 nitrogen and oxygen atoms in total. The number of esters is 1. The molecule has 2 aromatic heterocycles. The van der Waals surface area contributed by atoms with Crippen molar-refractivity contribution in [1.29, 1.82) is 5.26 Å². The summed E-state index contributed by atoms with van der Waals surface area (Å²) in [4.78, 5) is 17.1. The molecule has 0 bridgehead atoms. The van der Waals surface area contributed by atoms with Crippen molar-refractivity contribution in [3.63, 3.8) is 0 Å². The van der Waals surface area contributed by atoms with Gasteiger partial charge in [-0.3, -0.25) is 0 Å². The first-order valence-corrected chi connectivity index (χ1v) is 10.6. The van der Waals surface area contributed by atoms with Gasteiger partial charge in [-0.1, -0.05) is 41.7 Å². The van der Waals surface area contributed by atoms with Crippen LogP contribution in [0.5, 0.6) is 0 Å². The van der Waals surface area contributed by atoms with E-state index in [0.717, 1.165) is 28.6 Å². The maximum Gasteiger partial charge on any atom is 0.348 e. The molecule has 0 amide bonds. The highest BCUT2D eigenvalue weighted by atomic mass is 32.1. The van der Waals surface area contributed by atoms with Gasteiger partial charge in [0, 0.05) is 12.1 Å². The number of ether oxygens (including phenoxy) is 1. The number of nitrogens with one attached hydrogen (secondary N) is 1. The smallest absolute Gasteiger partial charge is 0.348 e. The molecule has 29 heavy (non-hydrogen) atoms. The molecule has 0 aliphatic rings. The van der Waals surface area contributed by atoms with E-state index in [9.17, 15) is 10.1 Å². The van der Waals surface area contributed by atoms with Crippen LogP contribution in [-0.2, 0) is 4.74 Å². The number of nitrogens with zero attached hydrogens (tertiary/aromatic N) is 4. The molecule has 3 aromatic rings. The average Bonchev–Trinajstić information content (AvgIpc) is 3.28. The average molecular weight is 426 g/mol. The highest BCUT2D eigenvalue weighted by Gasteiger charge is 2.21. The van der Waals surface area contributed by atoms with Crippen molar-refractivity contribution in [2.45, 2.75) is 20.8 Å². The second kappa shape index (κ2) is 9.41. The van der Waals surface area contributed by atoms with Crippen LogP contribution in [0.1, 0.15) is 34.6 Å². The minimum atomic E-state index is -0.454. The summed E-state index contributed by atoms with van der Waals surface area (Å²) in [5.41, 5.74) is 2.54. The molecule has 0 unspecified atom stereocenters. The van der Waals surface area contributed by atoms with Gasteiger partial charge in [0.05, 0.1) is 12.2 Å². The van der Waals surface area contributed by atoms with Crippen molar-refractivity contribution in [3.05, 3.63) is 46.3 Å². The van der Waals surface area contributed by atoms with Crippen molar-refractivity contribution in [3.8, 4) is 17.3 Å². The minimum absolute atomic E-state index is 0.267. The van der Waals surface area contributed by atoms with E-state index in [2.05, 4.69) is 26.6 Å². The number of rotatable bonds is 7. The van der Waals surface area contributed by atoms with Gasteiger partial charge < -0.3 is 10.1 Å². The zero-order valence-corrected chi connectivity index (χ0v) is 17.9. The Morgan fingerprint density at radius 2 is 1.93 bits per heavy atom. The summed E-state index contributed by atoms with van der Waals surface area (Å²) in [6.07, 6.45) is 0. The zero-order valence-electron chi connectivity index (χ0n) is 16.2. The number of azo groups is 1. The summed E-state index contributed by atoms with van der Waals surface area (Å²) in [6.45, 7) is 6.46.